The smallest absolute Gasteiger partial charge is 0.369 e. The van der Waals surface area contributed by atoms with Crippen LogP contribution in [-0.2, 0) is 5.33 Å². The Morgan fingerprint density at radius 2 is 1.80 bits per heavy atom. The van der Waals surface area contributed by atoms with Crippen LogP contribution in [-0.4, -0.2) is 43.8 Å². The fraction of sp³-hybridized carbons (Fsp3) is 0.538. The van der Waals surface area contributed by atoms with E-state index in [-0.39, 0.29) is 0 Å². The number of anilines is 1. The zero-order valence-electron chi connectivity index (χ0n) is 10.8. The first-order valence-electron chi connectivity index (χ1n) is 6.28. The lowest BCUT2D eigenvalue weighted by Gasteiger charge is -2.37. The van der Waals surface area contributed by atoms with Gasteiger partial charge in [0.15, 0.2) is 0 Å². The molecule has 0 amide bonds. The summed E-state index contributed by atoms with van der Waals surface area (Å²) in [5.41, 5.74) is 1.99. The number of hydrogen-bond donors (Lipinski definition) is 0. The monoisotopic (exact) mass is 370 g/mol. The second-order valence-electron chi connectivity index (χ2n) is 4.75. The minimum Gasteiger partial charge on any atom is -0.369 e. The molecule has 0 atom stereocenters. The number of alkyl halides is 4. The first kappa shape index (κ1) is 15.9. The van der Waals surface area contributed by atoms with Crippen LogP contribution in [0.15, 0.2) is 18.2 Å². The number of halogens is 5. The molecule has 1 aromatic carbocycles. The molecule has 0 aromatic heterocycles. The second-order valence-corrected chi connectivity index (χ2v) is 5.72. The molecule has 2 rings (SSSR count). The Labute approximate surface area is 129 Å². The molecule has 0 unspecified atom stereocenters. The summed E-state index contributed by atoms with van der Waals surface area (Å²) in [6.45, 7) is 1.15. The fourth-order valence-corrected chi connectivity index (χ4v) is 3.36. The maximum absolute atomic E-state index is 12.4. The standard InChI is InChI=1S/C13H15BrClF3N2/c14-8-10-11(15)2-1-3-12(10)20-6-4-19(5-7-20)9-13(16,17)18/h1-3H,4-9H2. The van der Waals surface area contributed by atoms with Crippen molar-refractivity contribution in [2.24, 2.45) is 0 Å². The molecule has 112 valence electrons. The van der Waals surface area contributed by atoms with Gasteiger partial charge in [0.2, 0.25) is 0 Å². The van der Waals surface area contributed by atoms with Gasteiger partial charge in [-0.3, -0.25) is 4.90 Å². The van der Waals surface area contributed by atoms with Gasteiger partial charge in [0.25, 0.3) is 0 Å². The highest BCUT2D eigenvalue weighted by Crippen LogP contribution is 2.30. The van der Waals surface area contributed by atoms with Gasteiger partial charge in [-0.25, -0.2) is 0 Å². The Morgan fingerprint density at radius 3 is 2.35 bits per heavy atom. The molecule has 0 spiro atoms. The Balaban J connectivity index is 2.02. The maximum Gasteiger partial charge on any atom is 0.401 e. The maximum atomic E-state index is 12.4. The summed E-state index contributed by atoms with van der Waals surface area (Å²) in [5.74, 6) is 0. The van der Waals surface area contributed by atoms with E-state index in [1.165, 1.54) is 4.90 Å². The SMILES string of the molecule is FC(F)(F)CN1CCN(c2cccc(Cl)c2CBr)CC1. The van der Waals surface area contributed by atoms with Crippen molar-refractivity contribution in [1.82, 2.24) is 4.90 Å². The predicted octanol–water partition coefficient (Wildman–Crippen LogP) is 3.92. The average molecular weight is 372 g/mol. The Morgan fingerprint density at radius 1 is 1.15 bits per heavy atom. The number of nitrogens with zero attached hydrogens (tertiary/aromatic N) is 2. The Bertz CT molecular complexity index is 459. The summed E-state index contributed by atoms with van der Waals surface area (Å²) in [6, 6.07) is 5.65. The number of piperazine rings is 1. The number of rotatable bonds is 3. The lowest BCUT2D eigenvalue weighted by atomic mass is 10.1. The molecule has 1 heterocycles. The van der Waals surface area contributed by atoms with E-state index < -0.39 is 12.7 Å². The van der Waals surface area contributed by atoms with Crippen molar-refractivity contribution in [3.63, 3.8) is 0 Å². The van der Waals surface area contributed by atoms with E-state index in [0.29, 0.717) is 36.5 Å². The first-order chi connectivity index (χ1) is 9.40. The summed E-state index contributed by atoms with van der Waals surface area (Å²) in [4.78, 5) is 3.53. The van der Waals surface area contributed by atoms with Crippen LogP contribution in [0.2, 0.25) is 5.02 Å². The van der Waals surface area contributed by atoms with Gasteiger partial charge < -0.3 is 4.90 Å². The molecule has 0 radical (unpaired) electrons. The van der Waals surface area contributed by atoms with Crippen LogP contribution >= 0.6 is 27.5 Å². The largest absolute Gasteiger partial charge is 0.401 e. The van der Waals surface area contributed by atoms with Crippen molar-refractivity contribution in [3.05, 3.63) is 28.8 Å². The van der Waals surface area contributed by atoms with Crippen molar-refractivity contribution >= 4 is 33.2 Å². The van der Waals surface area contributed by atoms with E-state index in [2.05, 4.69) is 20.8 Å². The second kappa shape index (κ2) is 6.54. The van der Waals surface area contributed by atoms with Crippen LogP contribution in [0.5, 0.6) is 0 Å². The van der Waals surface area contributed by atoms with Gasteiger partial charge in [0.1, 0.15) is 0 Å². The quantitative estimate of drug-likeness (QED) is 0.743. The van der Waals surface area contributed by atoms with E-state index in [9.17, 15) is 13.2 Å². The van der Waals surface area contributed by atoms with Crippen LogP contribution in [0.1, 0.15) is 5.56 Å². The molecular formula is C13H15BrClF3N2. The minimum atomic E-state index is -4.13. The zero-order chi connectivity index (χ0) is 14.8. The highest BCUT2D eigenvalue weighted by molar-refractivity contribution is 9.08. The highest BCUT2D eigenvalue weighted by Gasteiger charge is 2.32. The van der Waals surface area contributed by atoms with Crippen molar-refractivity contribution < 1.29 is 13.2 Å². The minimum absolute atomic E-state index is 0.410. The molecule has 1 aromatic rings. The van der Waals surface area contributed by atoms with Gasteiger partial charge in [0.05, 0.1) is 6.54 Å². The summed E-state index contributed by atoms with van der Waals surface area (Å²) >= 11 is 9.56. The molecule has 0 saturated carbocycles. The van der Waals surface area contributed by atoms with Crippen LogP contribution in [0.3, 0.4) is 0 Å². The molecule has 2 nitrogen and oxygen atoms in total. The lowest BCUT2D eigenvalue weighted by Crippen LogP contribution is -2.49. The molecule has 7 heteroatoms. The average Bonchev–Trinajstić information content (AvgIpc) is 2.37. The highest BCUT2D eigenvalue weighted by atomic mass is 79.9. The van der Waals surface area contributed by atoms with Gasteiger partial charge in [-0.2, -0.15) is 13.2 Å². The lowest BCUT2D eigenvalue weighted by molar-refractivity contribution is -0.146. The third kappa shape index (κ3) is 4.02. The van der Waals surface area contributed by atoms with Crippen LogP contribution < -0.4 is 4.90 Å². The van der Waals surface area contributed by atoms with Crippen LogP contribution in [0.4, 0.5) is 18.9 Å². The van der Waals surface area contributed by atoms with Crippen molar-refractivity contribution in [2.75, 3.05) is 37.6 Å². The van der Waals surface area contributed by atoms with Gasteiger partial charge in [-0.1, -0.05) is 33.6 Å². The molecule has 1 aliphatic rings. The summed E-state index contributed by atoms with van der Waals surface area (Å²) in [5, 5.41) is 1.31. The van der Waals surface area contributed by atoms with Gasteiger partial charge in [-0.15, -0.1) is 0 Å². The van der Waals surface area contributed by atoms with Gasteiger partial charge in [0, 0.05) is 47.8 Å². The number of benzene rings is 1. The summed E-state index contributed by atoms with van der Waals surface area (Å²) in [7, 11) is 0. The van der Waals surface area contributed by atoms with Crippen molar-refractivity contribution in [1.29, 1.82) is 0 Å². The van der Waals surface area contributed by atoms with Crippen molar-refractivity contribution in [2.45, 2.75) is 11.5 Å². The molecule has 0 bridgehead atoms. The zero-order valence-corrected chi connectivity index (χ0v) is 13.1. The van der Waals surface area contributed by atoms with Crippen LogP contribution in [0.25, 0.3) is 0 Å². The Kier molecular flexibility index (Phi) is 5.20. The van der Waals surface area contributed by atoms with E-state index in [1.807, 2.05) is 18.2 Å². The summed E-state index contributed by atoms with van der Waals surface area (Å²) < 4.78 is 37.1. The third-order valence-electron chi connectivity index (χ3n) is 3.34. The van der Waals surface area contributed by atoms with Crippen LogP contribution in [0, 0.1) is 0 Å². The summed E-state index contributed by atoms with van der Waals surface area (Å²) in [6.07, 6.45) is -4.13. The normalized spacial score (nSPS) is 17.6. The predicted molar refractivity (Wildman–Crippen MR) is 78.8 cm³/mol. The Hall–Kier alpha value is -0.460. The van der Waals surface area contributed by atoms with E-state index in [4.69, 9.17) is 11.6 Å². The molecule has 1 aliphatic heterocycles. The van der Waals surface area contributed by atoms with E-state index >= 15 is 0 Å². The molecule has 1 fully saturated rings. The van der Waals surface area contributed by atoms with Gasteiger partial charge >= 0.3 is 6.18 Å². The van der Waals surface area contributed by atoms with E-state index in [1.54, 1.807) is 0 Å². The van der Waals surface area contributed by atoms with Crippen molar-refractivity contribution in [3.8, 4) is 0 Å². The molecular weight excluding hydrogens is 357 g/mol. The number of hydrogen-bond acceptors (Lipinski definition) is 2. The van der Waals surface area contributed by atoms with E-state index in [0.717, 1.165) is 11.3 Å². The molecule has 20 heavy (non-hydrogen) atoms. The molecule has 0 N–H and O–H groups in total. The first-order valence-corrected chi connectivity index (χ1v) is 7.78. The third-order valence-corrected chi connectivity index (χ3v) is 4.26. The molecule has 1 saturated heterocycles. The fourth-order valence-electron chi connectivity index (χ4n) is 2.38. The molecule has 0 aliphatic carbocycles. The topological polar surface area (TPSA) is 6.48 Å². The van der Waals surface area contributed by atoms with Gasteiger partial charge in [-0.05, 0) is 12.1 Å².